The normalized spacial score (nSPS) is 12.0. The summed E-state index contributed by atoms with van der Waals surface area (Å²) >= 11 is 5.92. The highest BCUT2D eigenvalue weighted by Crippen LogP contribution is 2.23. The van der Waals surface area contributed by atoms with Gasteiger partial charge in [0, 0.05) is 11.8 Å². The summed E-state index contributed by atoms with van der Waals surface area (Å²) in [5.41, 5.74) is -0.0891. The second-order valence-electron chi connectivity index (χ2n) is 8.65. The van der Waals surface area contributed by atoms with Gasteiger partial charge < -0.3 is 9.47 Å². The molecule has 0 aromatic carbocycles. The first-order valence-electron chi connectivity index (χ1n) is 9.43. The topological polar surface area (TPSA) is 112 Å². The zero-order valence-electron chi connectivity index (χ0n) is 18.1. The van der Waals surface area contributed by atoms with Gasteiger partial charge in [-0.1, -0.05) is 11.6 Å². The van der Waals surface area contributed by atoms with Gasteiger partial charge in [0.15, 0.2) is 5.65 Å². The molecule has 2 amide bonds. The molecular formula is C20H23ClN6O4. The average molecular weight is 447 g/mol. The Morgan fingerprint density at radius 3 is 2.16 bits per heavy atom. The number of ether oxygens (including phenoxy) is 2. The number of carbonyl (C=O) groups excluding carboxylic acids is 2. The van der Waals surface area contributed by atoms with Crippen molar-refractivity contribution in [2.45, 2.75) is 52.7 Å². The van der Waals surface area contributed by atoms with Crippen LogP contribution in [0.15, 0.2) is 30.7 Å². The van der Waals surface area contributed by atoms with Crippen LogP contribution in [0.4, 0.5) is 15.5 Å². The quantitative estimate of drug-likeness (QED) is 0.564. The summed E-state index contributed by atoms with van der Waals surface area (Å²) in [6.45, 7) is 10.1. The van der Waals surface area contributed by atoms with Gasteiger partial charge in [0.1, 0.15) is 16.4 Å². The summed E-state index contributed by atoms with van der Waals surface area (Å²) in [5, 5.41) is 4.49. The van der Waals surface area contributed by atoms with Gasteiger partial charge in [-0.2, -0.15) is 4.98 Å². The first-order chi connectivity index (χ1) is 14.3. The standard InChI is InChI=1S/C20H23ClN6O4/c1-19(2,3)30-17(28)27(18(29)31-20(4,5)6)16-24-15-9-12(7-8-26(15)25-16)13-10-22-11-14(21)23-13/h7-11H,1-6H3. The molecule has 0 bridgehead atoms. The van der Waals surface area contributed by atoms with Gasteiger partial charge in [-0.3, -0.25) is 4.98 Å². The van der Waals surface area contributed by atoms with E-state index in [1.54, 1.807) is 66.1 Å². The lowest BCUT2D eigenvalue weighted by Gasteiger charge is -2.26. The van der Waals surface area contributed by atoms with Crippen molar-refractivity contribution in [2.75, 3.05) is 4.90 Å². The van der Waals surface area contributed by atoms with E-state index >= 15 is 0 Å². The van der Waals surface area contributed by atoms with Crippen molar-refractivity contribution in [3.63, 3.8) is 0 Å². The van der Waals surface area contributed by atoms with Crippen molar-refractivity contribution in [3.8, 4) is 11.3 Å². The molecule has 3 rings (SSSR count). The maximum atomic E-state index is 12.8. The van der Waals surface area contributed by atoms with Crippen molar-refractivity contribution in [1.82, 2.24) is 24.6 Å². The fourth-order valence-corrected chi connectivity index (χ4v) is 2.61. The molecule has 0 saturated carbocycles. The first-order valence-corrected chi connectivity index (χ1v) is 9.81. The Balaban J connectivity index is 2.02. The van der Waals surface area contributed by atoms with E-state index in [-0.39, 0.29) is 11.1 Å². The fraction of sp³-hybridized carbons (Fsp3) is 0.400. The molecule has 0 unspecified atom stereocenters. The number of aromatic nitrogens is 5. The van der Waals surface area contributed by atoms with Crippen LogP contribution in [0.25, 0.3) is 16.9 Å². The maximum absolute atomic E-state index is 12.8. The van der Waals surface area contributed by atoms with Crippen LogP contribution in [-0.4, -0.2) is 48.0 Å². The minimum absolute atomic E-state index is 0.183. The highest BCUT2D eigenvalue weighted by molar-refractivity contribution is 6.29. The van der Waals surface area contributed by atoms with Gasteiger partial charge in [-0.05, 0) is 53.7 Å². The van der Waals surface area contributed by atoms with Gasteiger partial charge in [0.2, 0.25) is 0 Å². The Hall–Kier alpha value is -3.27. The molecular weight excluding hydrogens is 424 g/mol. The van der Waals surface area contributed by atoms with Crippen molar-refractivity contribution in [2.24, 2.45) is 0 Å². The molecule has 0 saturated heterocycles. The molecule has 0 fully saturated rings. The number of amides is 2. The molecule has 0 aliphatic heterocycles. The third-order valence-electron chi connectivity index (χ3n) is 3.58. The largest absolute Gasteiger partial charge is 0.443 e. The van der Waals surface area contributed by atoms with Gasteiger partial charge in [-0.25, -0.2) is 19.1 Å². The fourth-order valence-electron chi connectivity index (χ4n) is 2.46. The van der Waals surface area contributed by atoms with E-state index < -0.39 is 23.4 Å². The third-order valence-corrected chi connectivity index (χ3v) is 3.76. The number of pyridine rings is 1. The Kier molecular flexibility index (Phi) is 5.86. The Bertz CT molecular complexity index is 1100. The van der Waals surface area contributed by atoms with Gasteiger partial charge in [-0.15, -0.1) is 10.00 Å². The van der Waals surface area contributed by atoms with Crippen molar-refractivity contribution >= 4 is 35.4 Å². The Morgan fingerprint density at radius 1 is 1.00 bits per heavy atom. The van der Waals surface area contributed by atoms with E-state index in [4.69, 9.17) is 21.1 Å². The summed E-state index contributed by atoms with van der Waals surface area (Å²) in [4.78, 5) is 38.8. The molecule has 11 heteroatoms. The molecule has 3 heterocycles. The number of hydrogen-bond donors (Lipinski definition) is 0. The summed E-state index contributed by atoms with van der Waals surface area (Å²) in [6, 6.07) is 3.41. The number of halogens is 1. The summed E-state index contributed by atoms with van der Waals surface area (Å²) < 4.78 is 12.1. The van der Waals surface area contributed by atoms with Crippen LogP contribution in [0.2, 0.25) is 5.15 Å². The van der Waals surface area contributed by atoms with Gasteiger partial charge in [0.05, 0.1) is 18.1 Å². The SMILES string of the molecule is CC(C)(C)OC(=O)N(C(=O)OC(C)(C)C)c1nc2cc(-c3cncc(Cl)n3)ccn2n1. The molecule has 0 aliphatic rings. The number of rotatable bonds is 2. The van der Waals surface area contributed by atoms with Crippen LogP contribution in [0.3, 0.4) is 0 Å². The highest BCUT2D eigenvalue weighted by Gasteiger charge is 2.35. The third kappa shape index (κ3) is 5.66. The zero-order chi connectivity index (χ0) is 23.0. The number of hydrogen-bond acceptors (Lipinski definition) is 8. The lowest BCUT2D eigenvalue weighted by Crippen LogP contribution is -2.44. The minimum Gasteiger partial charge on any atom is -0.443 e. The van der Waals surface area contributed by atoms with E-state index in [2.05, 4.69) is 20.1 Å². The first kappa shape index (κ1) is 22.4. The van der Waals surface area contributed by atoms with E-state index in [1.165, 1.54) is 10.7 Å². The van der Waals surface area contributed by atoms with Crippen LogP contribution in [0, 0.1) is 0 Å². The second kappa shape index (κ2) is 8.10. The molecule has 0 aliphatic carbocycles. The number of anilines is 1. The molecule has 3 aromatic rings. The number of imide groups is 1. The van der Waals surface area contributed by atoms with Gasteiger partial charge >= 0.3 is 12.2 Å². The lowest BCUT2D eigenvalue weighted by molar-refractivity contribution is 0.0427. The predicted octanol–water partition coefficient (Wildman–Crippen LogP) is 4.52. The van der Waals surface area contributed by atoms with Crippen molar-refractivity contribution in [3.05, 3.63) is 35.9 Å². The minimum atomic E-state index is -0.946. The van der Waals surface area contributed by atoms with Crippen LogP contribution >= 0.6 is 11.6 Å². The molecule has 0 radical (unpaired) electrons. The van der Waals surface area contributed by atoms with Crippen LogP contribution in [-0.2, 0) is 9.47 Å². The molecule has 0 N–H and O–H groups in total. The molecule has 0 spiro atoms. The molecule has 10 nitrogen and oxygen atoms in total. The van der Waals surface area contributed by atoms with E-state index in [9.17, 15) is 9.59 Å². The van der Waals surface area contributed by atoms with Gasteiger partial charge in [0.25, 0.3) is 5.95 Å². The second-order valence-corrected chi connectivity index (χ2v) is 9.04. The zero-order valence-corrected chi connectivity index (χ0v) is 18.8. The average Bonchev–Trinajstić information content (AvgIpc) is 3.00. The van der Waals surface area contributed by atoms with E-state index in [0.29, 0.717) is 21.8 Å². The number of carbonyl (C=O) groups is 2. The predicted molar refractivity (Wildman–Crippen MR) is 114 cm³/mol. The van der Waals surface area contributed by atoms with Crippen molar-refractivity contribution in [1.29, 1.82) is 0 Å². The number of nitrogens with zero attached hydrogens (tertiary/aromatic N) is 6. The smallest absolute Gasteiger partial charge is 0.427 e. The highest BCUT2D eigenvalue weighted by atomic mass is 35.5. The molecule has 164 valence electrons. The summed E-state index contributed by atoms with van der Waals surface area (Å²) in [6.07, 6.45) is 2.71. The van der Waals surface area contributed by atoms with Crippen LogP contribution < -0.4 is 4.90 Å². The summed E-state index contributed by atoms with van der Waals surface area (Å²) in [7, 11) is 0. The van der Waals surface area contributed by atoms with Crippen LogP contribution in [0.5, 0.6) is 0 Å². The molecule has 0 atom stereocenters. The monoisotopic (exact) mass is 446 g/mol. The Morgan fingerprint density at radius 2 is 1.61 bits per heavy atom. The summed E-state index contributed by atoms with van der Waals surface area (Å²) in [5.74, 6) is -0.183. The van der Waals surface area contributed by atoms with E-state index in [0.717, 1.165) is 0 Å². The molecule has 3 aromatic heterocycles. The van der Waals surface area contributed by atoms with Crippen molar-refractivity contribution < 1.29 is 19.1 Å². The maximum Gasteiger partial charge on any atom is 0.427 e. The number of fused-ring (bicyclic) bond motifs is 1. The Labute approximate surface area is 184 Å². The van der Waals surface area contributed by atoms with E-state index in [1.807, 2.05) is 0 Å². The molecule has 31 heavy (non-hydrogen) atoms. The lowest BCUT2D eigenvalue weighted by atomic mass is 10.2. The van der Waals surface area contributed by atoms with Crippen LogP contribution in [0.1, 0.15) is 41.5 Å².